The van der Waals surface area contributed by atoms with Crippen molar-refractivity contribution in [2.45, 2.75) is 18.0 Å². The molecule has 4 nitrogen and oxygen atoms in total. The number of imidazole rings is 1. The second kappa shape index (κ2) is 9.59. The number of nitrogens with zero attached hydrogens (tertiary/aromatic N) is 2. The summed E-state index contributed by atoms with van der Waals surface area (Å²) >= 11 is 1.54. The number of benzene rings is 2. The van der Waals surface area contributed by atoms with E-state index < -0.39 is 0 Å². The molecule has 4 rings (SSSR count). The molecule has 0 aliphatic heterocycles. The predicted octanol–water partition coefficient (Wildman–Crippen LogP) is 6.04. The summed E-state index contributed by atoms with van der Waals surface area (Å²) in [7, 11) is 0. The molecule has 0 aliphatic carbocycles. The van der Waals surface area contributed by atoms with Crippen molar-refractivity contribution in [3.05, 3.63) is 84.3 Å². The summed E-state index contributed by atoms with van der Waals surface area (Å²) in [6, 6.07) is 20.9. The molecule has 0 aliphatic rings. The van der Waals surface area contributed by atoms with Gasteiger partial charge >= 0.3 is 0 Å². The molecular formula is C24H23FN4S. The molecule has 0 amide bonds. The molecule has 2 aromatic heterocycles. The number of anilines is 1. The van der Waals surface area contributed by atoms with Crippen LogP contribution in [0, 0.1) is 5.82 Å². The lowest BCUT2D eigenvalue weighted by atomic mass is 10.1. The topological polar surface area (TPSA) is 53.6 Å². The number of hydrogen-bond acceptors (Lipinski definition) is 4. The number of hydrogen-bond donors (Lipinski definition) is 2. The maximum Gasteiger partial charge on any atom is 0.166 e. The zero-order valence-electron chi connectivity index (χ0n) is 16.7. The van der Waals surface area contributed by atoms with Crippen molar-refractivity contribution >= 4 is 17.6 Å². The van der Waals surface area contributed by atoms with Gasteiger partial charge in [-0.05, 0) is 61.1 Å². The van der Waals surface area contributed by atoms with E-state index in [0.717, 1.165) is 52.9 Å². The van der Waals surface area contributed by atoms with Gasteiger partial charge in [-0.15, -0.1) is 0 Å². The summed E-state index contributed by atoms with van der Waals surface area (Å²) in [5.41, 5.74) is 4.91. The summed E-state index contributed by atoms with van der Waals surface area (Å²) in [5, 5.41) is 4.23. The Balaban J connectivity index is 1.50. The predicted molar refractivity (Wildman–Crippen MR) is 122 cm³/mol. The number of halogens is 1. The van der Waals surface area contributed by atoms with E-state index in [2.05, 4.69) is 39.6 Å². The minimum Gasteiger partial charge on any atom is -0.370 e. The summed E-state index contributed by atoms with van der Waals surface area (Å²) in [4.78, 5) is 12.5. The summed E-state index contributed by atoms with van der Waals surface area (Å²) in [5.74, 6) is 0.565. The zero-order valence-corrected chi connectivity index (χ0v) is 17.5. The Morgan fingerprint density at radius 1 is 1.00 bits per heavy atom. The first-order valence-corrected chi connectivity index (χ1v) is 11.1. The van der Waals surface area contributed by atoms with Crippen LogP contribution in [0.4, 0.5) is 10.2 Å². The van der Waals surface area contributed by atoms with Gasteiger partial charge in [-0.25, -0.2) is 14.4 Å². The first-order valence-electron chi connectivity index (χ1n) is 9.87. The van der Waals surface area contributed by atoms with Crippen molar-refractivity contribution in [2.24, 2.45) is 0 Å². The van der Waals surface area contributed by atoms with Crippen molar-refractivity contribution in [1.29, 1.82) is 0 Å². The monoisotopic (exact) mass is 418 g/mol. The Labute approximate surface area is 180 Å². The van der Waals surface area contributed by atoms with Gasteiger partial charge in [0.1, 0.15) is 11.6 Å². The van der Waals surface area contributed by atoms with Crippen LogP contribution in [-0.2, 0) is 6.42 Å². The molecule has 2 N–H and O–H groups in total. The van der Waals surface area contributed by atoms with Crippen LogP contribution >= 0.6 is 11.8 Å². The van der Waals surface area contributed by atoms with Crippen LogP contribution in [-0.4, -0.2) is 27.8 Å². The zero-order chi connectivity index (χ0) is 20.8. The Morgan fingerprint density at radius 2 is 1.80 bits per heavy atom. The molecule has 2 heterocycles. The molecule has 30 heavy (non-hydrogen) atoms. The average Bonchev–Trinajstić information content (AvgIpc) is 3.23. The van der Waals surface area contributed by atoms with Gasteiger partial charge in [-0.2, -0.15) is 0 Å². The Bertz CT molecular complexity index is 1090. The van der Waals surface area contributed by atoms with E-state index in [4.69, 9.17) is 4.98 Å². The first kappa shape index (κ1) is 20.2. The Morgan fingerprint density at radius 3 is 2.57 bits per heavy atom. The van der Waals surface area contributed by atoms with Crippen LogP contribution in [0.3, 0.4) is 0 Å². The molecule has 0 fully saturated rings. The van der Waals surface area contributed by atoms with Crippen LogP contribution in [0.5, 0.6) is 0 Å². The number of aromatic nitrogens is 3. The molecule has 0 atom stereocenters. The molecule has 152 valence electrons. The summed E-state index contributed by atoms with van der Waals surface area (Å²) in [6.07, 6.45) is 5.81. The third-order valence-electron chi connectivity index (χ3n) is 4.83. The molecule has 2 aromatic carbocycles. The highest BCUT2D eigenvalue weighted by Gasteiger charge is 2.14. The molecule has 0 unspecified atom stereocenters. The van der Waals surface area contributed by atoms with Gasteiger partial charge in [0.15, 0.2) is 5.16 Å². The van der Waals surface area contributed by atoms with Crippen molar-refractivity contribution < 1.29 is 4.39 Å². The summed E-state index contributed by atoms with van der Waals surface area (Å²) < 4.78 is 13.4. The minimum absolute atomic E-state index is 0.254. The van der Waals surface area contributed by atoms with Gasteiger partial charge in [0.05, 0.1) is 11.4 Å². The molecule has 0 saturated carbocycles. The molecule has 0 saturated heterocycles. The second-order valence-corrected chi connectivity index (χ2v) is 7.72. The summed E-state index contributed by atoms with van der Waals surface area (Å²) in [6.45, 7) is 0.840. The highest BCUT2D eigenvalue weighted by Crippen LogP contribution is 2.33. The fraction of sp³-hybridized carbons (Fsp3) is 0.167. The van der Waals surface area contributed by atoms with Crippen molar-refractivity contribution in [3.8, 4) is 22.5 Å². The number of aromatic amines is 1. The van der Waals surface area contributed by atoms with Gasteiger partial charge in [0.25, 0.3) is 0 Å². The fourth-order valence-corrected chi connectivity index (χ4v) is 3.70. The molecular weight excluding hydrogens is 395 g/mol. The third-order valence-corrected chi connectivity index (χ3v) is 5.41. The average molecular weight is 419 g/mol. The molecule has 6 heteroatoms. The second-order valence-electron chi connectivity index (χ2n) is 6.92. The molecule has 0 spiro atoms. The van der Waals surface area contributed by atoms with Crippen molar-refractivity contribution in [1.82, 2.24) is 15.0 Å². The fourth-order valence-electron chi connectivity index (χ4n) is 3.31. The van der Waals surface area contributed by atoms with E-state index in [1.165, 1.54) is 17.7 Å². The lowest BCUT2D eigenvalue weighted by Crippen LogP contribution is -2.04. The van der Waals surface area contributed by atoms with E-state index in [1.54, 1.807) is 30.1 Å². The van der Waals surface area contributed by atoms with E-state index in [0.29, 0.717) is 0 Å². The lowest BCUT2D eigenvalue weighted by molar-refractivity contribution is 0.628. The quantitative estimate of drug-likeness (QED) is 0.270. The molecule has 4 aromatic rings. The SMILES string of the molecule is CSc1nc(-c2ccnc(NCCCc3ccccc3)c2)c(-c2ccc(F)cc2)[nH]1. The van der Waals surface area contributed by atoms with Crippen LogP contribution in [0.15, 0.2) is 78.1 Å². The third kappa shape index (κ3) is 4.89. The van der Waals surface area contributed by atoms with Crippen LogP contribution in [0.25, 0.3) is 22.5 Å². The van der Waals surface area contributed by atoms with E-state index in [1.807, 2.05) is 24.5 Å². The van der Waals surface area contributed by atoms with Crippen LogP contribution < -0.4 is 5.32 Å². The Kier molecular flexibility index (Phi) is 6.44. The highest BCUT2D eigenvalue weighted by molar-refractivity contribution is 7.98. The maximum atomic E-state index is 13.4. The van der Waals surface area contributed by atoms with Crippen LogP contribution in [0.1, 0.15) is 12.0 Å². The van der Waals surface area contributed by atoms with Crippen molar-refractivity contribution in [3.63, 3.8) is 0 Å². The smallest absolute Gasteiger partial charge is 0.166 e. The number of aryl methyl sites for hydroxylation is 1. The van der Waals surface area contributed by atoms with Crippen LogP contribution in [0.2, 0.25) is 0 Å². The van der Waals surface area contributed by atoms with Gasteiger partial charge in [0, 0.05) is 23.9 Å². The Hall–Kier alpha value is -3.12. The van der Waals surface area contributed by atoms with Crippen molar-refractivity contribution in [2.75, 3.05) is 18.1 Å². The first-order chi connectivity index (χ1) is 14.7. The van der Waals surface area contributed by atoms with E-state index >= 15 is 0 Å². The van der Waals surface area contributed by atoms with Gasteiger partial charge < -0.3 is 10.3 Å². The lowest BCUT2D eigenvalue weighted by Gasteiger charge is -2.08. The molecule has 0 bridgehead atoms. The van der Waals surface area contributed by atoms with E-state index in [9.17, 15) is 4.39 Å². The number of thioether (sulfide) groups is 1. The number of nitrogens with one attached hydrogen (secondary N) is 2. The highest BCUT2D eigenvalue weighted by atomic mass is 32.2. The number of rotatable bonds is 8. The standard InChI is InChI=1S/C24H23FN4S/c1-30-24-28-22(18-9-11-20(25)12-10-18)23(29-24)19-13-15-27-21(16-19)26-14-5-8-17-6-3-2-4-7-17/h2-4,6-7,9-13,15-16H,5,8,14H2,1H3,(H,26,27)(H,28,29). The number of H-pyrrole nitrogens is 1. The van der Waals surface area contributed by atoms with Gasteiger partial charge in [0.2, 0.25) is 0 Å². The maximum absolute atomic E-state index is 13.4. The van der Waals surface area contributed by atoms with E-state index in [-0.39, 0.29) is 5.82 Å². The largest absolute Gasteiger partial charge is 0.370 e. The van der Waals surface area contributed by atoms with Gasteiger partial charge in [-0.3, -0.25) is 0 Å². The normalized spacial score (nSPS) is 10.9. The molecule has 0 radical (unpaired) electrons. The number of pyridine rings is 1. The minimum atomic E-state index is -0.254. The van der Waals surface area contributed by atoms with Gasteiger partial charge in [-0.1, -0.05) is 42.1 Å².